The predicted octanol–water partition coefficient (Wildman–Crippen LogP) is 1.05. The lowest BCUT2D eigenvalue weighted by Crippen LogP contribution is -2.50. The molecule has 1 atom stereocenters. The van der Waals surface area contributed by atoms with Crippen molar-refractivity contribution >= 4 is 23.7 Å². The third-order valence-corrected chi connectivity index (χ3v) is 4.70. The molecule has 156 valence electrons. The van der Waals surface area contributed by atoms with Crippen molar-refractivity contribution in [3.05, 3.63) is 71.3 Å². The summed E-state index contributed by atoms with van der Waals surface area (Å²) in [5.74, 6) is -1.46. The lowest BCUT2D eigenvalue weighted by molar-refractivity contribution is -0.143. The number of hydrogen-bond donors (Lipinski definition) is 3. The first-order valence-electron chi connectivity index (χ1n) is 9.65. The molecule has 30 heavy (non-hydrogen) atoms. The Labute approximate surface area is 174 Å². The molecule has 1 aliphatic rings. The highest BCUT2D eigenvalue weighted by molar-refractivity contribution is 6.00. The van der Waals surface area contributed by atoms with Crippen LogP contribution in [0.2, 0.25) is 0 Å². The molecule has 0 bridgehead atoms. The summed E-state index contributed by atoms with van der Waals surface area (Å²) in [7, 11) is 0. The van der Waals surface area contributed by atoms with Crippen LogP contribution < -0.4 is 16.0 Å². The highest BCUT2D eigenvalue weighted by Gasteiger charge is 2.26. The topological polar surface area (TPSA) is 114 Å². The van der Waals surface area contributed by atoms with Crippen LogP contribution in [0.1, 0.15) is 34.3 Å². The van der Waals surface area contributed by atoms with Crippen LogP contribution in [0.3, 0.4) is 0 Å². The zero-order valence-electron chi connectivity index (χ0n) is 16.4. The molecule has 1 heterocycles. The molecular weight excluding hydrogens is 386 g/mol. The van der Waals surface area contributed by atoms with Crippen molar-refractivity contribution in [2.75, 3.05) is 6.73 Å². The molecule has 0 unspecified atom stereocenters. The van der Waals surface area contributed by atoms with Gasteiger partial charge in [0.15, 0.2) is 6.73 Å². The Kier molecular flexibility index (Phi) is 7.29. The smallest absolute Gasteiger partial charge is 0.311 e. The minimum absolute atomic E-state index is 0.128. The fraction of sp³-hybridized carbons (Fsp3) is 0.273. The SMILES string of the molecule is O=C1CC[C@H](NCc2ccccc2C(=O)NCOC(=O)Cc2ccccc2)C(=O)N1. The molecule has 1 fully saturated rings. The molecule has 1 saturated heterocycles. The minimum atomic E-state index is -0.488. The molecule has 0 saturated carbocycles. The molecule has 3 amide bonds. The fourth-order valence-electron chi connectivity index (χ4n) is 3.11. The Morgan fingerprint density at radius 1 is 1.03 bits per heavy atom. The molecule has 0 spiro atoms. The van der Waals surface area contributed by atoms with Gasteiger partial charge in [0.05, 0.1) is 12.5 Å². The molecule has 8 nitrogen and oxygen atoms in total. The normalized spacial score (nSPS) is 15.9. The van der Waals surface area contributed by atoms with Gasteiger partial charge in [0.2, 0.25) is 11.8 Å². The summed E-state index contributed by atoms with van der Waals surface area (Å²) in [6.07, 6.45) is 0.819. The fourth-order valence-corrected chi connectivity index (χ4v) is 3.11. The lowest BCUT2D eigenvalue weighted by atomic mass is 10.0. The quantitative estimate of drug-likeness (QED) is 0.341. The van der Waals surface area contributed by atoms with E-state index in [0.717, 1.165) is 5.56 Å². The van der Waals surface area contributed by atoms with E-state index >= 15 is 0 Å². The van der Waals surface area contributed by atoms with Gasteiger partial charge in [0.1, 0.15) is 0 Å². The van der Waals surface area contributed by atoms with E-state index < -0.39 is 12.0 Å². The number of rotatable bonds is 8. The van der Waals surface area contributed by atoms with Gasteiger partial charge in [-0.15, -0.1) is 0 Å². The third-order valence-electron chi connectivity index (χ3n) is 4.70. The van der Waals surface area contributed by atoms with Gasteiger partial charge in [0, 0.05) is 18.5 Å². The second kappa shape index (κ2) is 10.3. The van der Waals surface area contributed by atoms with E-state index in [1.165, 1.54) is 0 Å². The molecule has 0 radical (unpaired) electrons. The Hall–Kier alpha value is -3.52. The van der Waals surface area contributed by atoms with Crippen molar-refractivity contribution in [1.82, 2.24) is 16.0 Å². The number of hydrogen-bond acceptors (Lipinski definition) is 6. The molecule has 2 aromatic carbocycles. The third kappa shape index (κ3) is 5.99. The number of carbonyl (C=O) groups is 4. The number of benzene rings is 2. The van der Waals surface area contributed by atoms with Crippen molar-refractivity contribution in [2.24, 2.45) is 0 Å². The van der Waals surface area contributed by atoms with Gasteiger partial charge >= 0.3 is 5.97 Å². The molecule has 0 aromatic heterocycles. The number of piperidine rings is 1. The van der Waals surface area contributed by atoms with Gasteiger partial charge in [-0.3, -0.25) is 24.5 Å². The summed E-state index contributed by atoms with van der Waals surface area (Å²) in [6.45, 7) is 0.0447. The second-order valence-corrected chi connectivity index (χ2v) is 6.87. The summed E-state index contributed by atoms with van der Waals surface area (Å²) >= 11 is 0. The van der Waals surface area contributed by atoms with E-state index in [0.29, 0.717) is 17.5 Å². The largest absolute Gasteiger partial charge is 0.444 e. The first kappa shape index (κ1) is 21.2. The van der Waals surface area contributed by atoms with E-state index in [1.54, 1.807) is 24.3 Å². The molecule has 2 aromatic rings. The maximum Gasteiger partial charge on any atom is 0.311 e. The maximum atomic E-state index is 12.5. The predicted molar refractivity (Wildman–Crippen MR) is 108 cm³/mol. The summed E-state index contributed by atoms with van der Waals surface area (Å²) in [4.78, 5) is 47.5. The van der Waals surface area contributed by atoms with Gasteiger partial charge in [-0.05, 0) is 23.6 Å². The zero-order valence-corrected chi connectivity index (χ0v) is 16.4. The van der Waals surface area contributed by atoms with E-state index in [2.05, 4.69) is 16.0 Å². The first-order chi connectivity index (χ1) is 14.5. The molecule has 3 N–H and O–H groups in total. The van der Waals surface area contributed by atoms with Crippen LogP contribution in [-0.2, 0) is 32.1 Å². The monoisotopic (exact) mass is 409 g/mol. The van der Waals surface area contributed by atoms with Gasteiger partial charge in [-0.2, -0.15) is 0 Å². The Bertz CT molecular complexity index is 929. The number of carbonyl (C=O) groups excluding carboxylic acids is 4. The van der Waals surface area contributed by atoms with Crippen molar-refractivity contribution in [1.29, 1.82) is 0 Å². The number of imide groups is 1. The van der Waals surface area contributed by atoms with Gasteiger partial charge in [0.25, 0.3) is 5.91 Å². The number of nitrogens with one attached hydrogen (secondary N) is 3. The average Bonchev–Trinajstić information content (AvgIpc) is 2.74. The van der Waals surface area contributed by atoms with Crippen LogP contribution in [0.25, 0.3) is 0 Å². The first-order valence-corrected chi connectivity index (χ1v) is 9.65. The standard InChI is InChI=1S/C22H23N3O5/c26-19-11-10-18(22(29)25-19)23-13-16-8-4-5-9-17(16)21(28)24-14-30-20(27)12-15-6-2-1-3-7-15/h1-9,18,23H,10-14H2,(H,24,28)(H,25,26,29)/t18-/m0/s1. The Morgan fingerprint density at radius 2 is 1.77 bits per heavy atom. The van der Waals surface area contributed by atoms with Crippen molar-refractivity contribution in [3.8, 4) is 0 Å². The number of esters is 1. The Balaban J connectivity index is 1.49. The van der Waals surface area contributed by atoms with Crippen LogP contribution >= 0.6 is 0 Å². The van der Waals surface area contributed by atoms with Crippen LogP contribution in [0.4, 0.5) is 0 Å². The van der Waals surface area contributed by atoms with E-state index in [9.17, 15) is 19.2 Å². The highest BCUT2D eigenvalue weighted by atomic mass is 16.5. The molecular formula is C22H23N3O5. The van der Waals surface area contributed by atoms with Crippen LogP contribution in [0.15, 0.2) is 54.6 Å². The number of amides is 3. The summed E-state index contributed by atoms with van der Waals surface area (Å²) in [6, 6.07) is 15.6. The van der Waals surface area contributed by atoms with Crippen molar-refractivity contribution in [2.45, 2.75) is 31.8 Å². The van der Waals surface area contributed by atoms with Gasteiger partial charge in [-0.1, -0.05) is 48.5 Å². The molecule has 0 aliphatic carbocycles. The summed E-state index contributed by atoms with van der Waals surface area (Å²) < 4.78 is 5.09. The molecule has 1 aliphatic heterocycles. The van der Waals surface area contributed by atoms with E-state index in [-0.39, 0.29) is 43.8 Å². The van der Waals surface area contributed by atoms with Crippen LogP contribution in [-0.4, -0.2) is 36.5 Å². The molecule has 8 heteroatoms. The van der Waals surface area contributed by atoms with Gasteiger partial charge < -0.3 is 15.4 Å². The van der Waals surface area contributed by atoms with E-state index in [4.69, 9.17) is 4.74 Å². The lowest BCUT2D eigenvalue weighted by Gasteiger charge is -2.22. The van der Waals surface area contributed by atoms with Crippen LogP contribution in [0, 0.1) is 0 Å². The Morgan fingerprint density at radius 3 is 2.53 bits per heavy atom. The number of ether oxygens (including phenoxy) is 1. The average molecular weight is 409 g/mol. The zero-order chi connectivity index (χ0) is 21.3. The van der Waals surface area contributed by atoms with Crippen LogP contribution in [0.5, 0.6) is 0 Å². The van der Waals surface area contributed by atoms with Crippen molar-refractivity contribution < 1.29 is 23.9 Å². The maximum absolute atomic E-state index is 12.5. The molecule has 3 rings (SSSR count). The second-order valence-electron chi connectivity index (χ2n) is 6.87. The summed E-state index contributed by atoms with van der Waals surface area (Å²) in [5.41, 5.74) is 1.94. The van der Waals surface area contributed by atoms with E-state index in [1.807, 2.05) is 30.3 Å². The summed E-state index contributed by atoms with van der Waals surface area (Å²) in [5, 5.41) is 7.94. The van der Waals surface area contributed by atoms with Gasteiger partial charge in [-0.25, -0.2) is 0 Å². The van der Waals surface area contributed by atoms with Crippen molar-refractivity contribution in [3.63, 3.8) is 0 Å². The minimum Gasteiger partial charge on any atom is -0.444 e. The highest BCUT2D eigenvalue weighted by Crippen LogP contribution is 2.11.